The number of carbonyl (C=O) groups is 4. The molecule has 2 saturated heterocycles. The van der Waals surface area contributed by atoms with Crippen LogP contribution in [0.1, 0.15) is 69.0 Å². The van der Waals surface area contributed by atoms with Crippen LogP contribution in [0.25, 0.3) is 12.2 Å². The van der Waals surface area contributed by atoms with Crippen LogP contribution in [0.3, 0.4) is 0 Å². The van der Waals surface area contributed by atoms with Crippen molar-refractivity contribution < 1.29 is 34.5 Å². The maximum absolute atomic E-state index is 12.6. The Morgan fingerprint density at radius 1 is 0.957 bits per heavy atom. The molecule has 0 aliphatic carbocycles. The minimum Gasteiger partial charge on any atom is -0.481 e. The number of carbonyl (C=O) groups excluding carboxylic acids is 2. The number of aromatic amines is 1. The number of aliphatic hydroxyl groups is 1. The Morgan fingerprint density at radius 2 is 1.59 bits per heavy atom. The molecule has 9 N–H and O–H groups in total. The van der Waals surface area contributed by atoms with Crippen molar-refractivity contribution in [3.05, 3.63) is 56.2 Å². The summed E-state index contributed by atoms with van der Waals surface area (Å²) in [6, 6.07) is -1.25. The molecule has 1 aromatic heterocycles. The van der Waals surface area contributed by atoms with E-state index < -0.39 is 30.1 Å². The minimum atomic E-state index is -1.05. The van der Waals surface area contributed by atoms with Gasteiger partial charge in [-0.1, -0.05) is 6.92 Å². The van der Waals surface area contributed by atoms with Crippen molar-refractivity contribution in [3.63, 3.8) is 0 Å². The van der Waals surface area contributed by atoms with E-state index in [1.165, 1.54) is 11.8 Å². The molecule has 5 rings (SSSR count). The van der Waals surface area contributed by atoms with Crippen molar-refractivity contribution in [3.8, 4) is 0 Å². The fourth-order valence-electron chi connectivity index (χ4n) is 7.02. The molecule has 4 aliphatic heterocycles. The zero-order chi connectivity index (χ0) is 33.4. The number of allylic oxidation sites excluding steroid dienone is 2. The highest BCUT2D eigenvalue weighted by atomic mass is 32.2. The van der Waals surface area contributed by atoms with Crippen molar-refractivity contribution in [2.45, 2.75) is 83.2 Å². The molecule has 5 heterocycles. The predicted molar refractivity (Wildman–Crippen MR) is 176 cm³/mol. The average molecular weight is 655 g/mol. The van der Waals surface area contributed by atoms with Gasteiger partial charge in [0.2, 0.25) is 11.8 Å². The highest BCUT2D eigenvalue weighted by Crippen LogP contribution is 2.39. The first kappa shape index (κ1) is 33.6. The van der Waals surface area contributed by atoms with Gasteiger partial charge >= 0.3 is 11.9 Å². The molecule has 0 aromatic carbocycles. The lowest BCUT2D eigenvalue weighted by atomic mass is 9.91. The van der Waals surface area contributed by atoms with Gasteiger partial charge in [0.15, 0.2) is 11.0 Å². The van der Waals surface area contributed by atoms with E-state index in [0.717, 1.165) is 45.0 Å². The van der Waals surface area contributed by atoms with Crippen LogP contribution in [0, 0.1) is 18.8 Å². The second-order valence-electron chi connectivity index (χ2n) is 12.7. The van der Waals surface area contributed by atoms with E-state index in [4.69, 9.17) is 5.73 Å². The largest absolute Gasteiger partial charge is 0.481 e. The summed E-state index contributed by atoms with van der Waals surface area (Å²) in [7, 11) is 0. The molecule has 0 radical (unpaired) electrons. The number of thiol groups is 1. The fraction of sp³-hybridized carbons (Fsp3) is 0.515. The van der Waals surface area contributed by atoms with E-state index in [9.17, 15) is 34.5 Å². The van der Waals surface area contributed by atoms with Crippen LogP contribution in [0.15, 0.2) is 33.7 Å². The molecular weight excluding hydrogens is 610 g/mol. The summed E-state index contributed by atoms with van der Waals surface area (Å²) in [5.41, 5.74) is 13.1. The molecule has 0 saturated carbocycles. The number of aromatic nitrogens is 1. The van der Waals surface area contributed by atoms with Crippen LogP contribution in [-0.4, -0.2) is 79.8 Å². The highest BCUT2D eigenvalue weighted by Gasteiger charge is 2.52. The summed E-state index contributed by atoms with van der Waals surface area (Å²) in [5.74, 6) is -1.10. The van der Waals surface area contributed by atoms with Crippen molar-refractivity contribution in [2.24, 2.45) is 17.6 Å². The quantitative estimate of drug-likeness (QED) is 0.0875. The third-order valence-electron chi connectivity index (χ3n) is 9.76. The Morgan fingerprint density at radius 3 is 2.22 bits per heavy atom. The van der Waals surface area contributed by atoms with Gasteiger partial charge in [0.1, 0.15) is 6.10 Å². The summed E-state index contributed by atoms with van der Waals surface area (Å²) >= 11 is 1.33. The second-order valence-corrected chi connectivity index (χ2v) is 14.1. The fourth-order valence-corrected chi connectivity index (χ4v) is 8.02. The number of amides is 2. The van der Waals surface area contributed by atoms with Crippen molar-refractivity contribution in [2.75, 3.05) is 12.3 Å². The summed E-state index contributed by atoms with van der Waals surface area (Å²) in [6.07, 6.45) is 3.41. The first-order valence-electron chi connectivity index (χ1n) is 15.7. The Labute approximate surface area is 272 Å². The molecule has 0 bridgehead atoms. The Bertz CT molecular complexity index is 1580. The minimum absolute atomic E-state index is 0.00174. The number of hydrogen-bond donors (Lipinski definition) is 8. The maximum atomic E-state index is 12.6. The molecule has 13 heteroatoms. The van der Waals surface area contributed by atoms with E-state index in [0.29, 0.717) is 35.2 Å². The number of hydrogen-bond acceptors (Lipinski definition) is 7. The molecule has 12 nitrogen and oxygen atoms in total. The first-order valence-corrected chi connectivity index (χ1v) is 16.9. The van der Waals surface area contributed by atoms with Crippen LogP contribution in [-0.2, 0) is 37.4 Å². The standard InChI is InChI=1S/C33H43N5O7S/c1-14-18(5-7-26(39)40)22(35-21(14)11-24-28(25-13-46-25)17(4)32(44)37-24)12-23-19(6-8-27(41)42)15(2)29(36-23)31(43)30-16(3)20(9-10-34)33(45)38-30/h11-12,17,25,28-31,35-36,43H,5-10,13,34H2,1-4H3,(H,37,44)(H,38,45)(H,39,40)(H,41,42)/p+1/b23-12-,24-11-/t17-,25-,28-,29?,30+,31-/m1/s1. The van der Waals surface area contributed by atoms with Gasteiger partial charge in [-0.05, 0) is 98.3 Å². The molecule has 1 aromatic rings. The number of carboxylic acid groups (broad SMARTS) is 2. The van der Waals surface area contributed by atoms with Crippen molar-refractivity contribution in [1.82, 2.24) is 20.9 Å². The van der Waals surface area contributed by atoms with Gasteiger partial charge in [-0.25, -0.2) is 0 Å². The molecule has 1 unspecified atom stereocenters. The number of carboxylic acids is 2. The molecule has 46 heavy (non-hydrogen) atoms. The summed E-state index contributed by atoms with van der Waals surface area (Å²) in [5, 5.41) is 40.3. The van der Waals surface area contributed by atoms with E-state index in [-0.39, 0.29) is 49.3 Å². The monoisotopic (exact) mass is 654 g/mol. The number of rotatable bonds is 13. The molecule has 248 valence electrons. The third kappa shape index (κ3) is 6.67. The number of aliphatic carboxylic acids is 2. The smallest absolute Gasteiger partial charge is 0.303 e. The summed E-state index contributed by atoms with van der Waals surface area (Å²) in [4.78, 5) is 51.8. The van der Waals surface area contributed by atoms with Gasteiger partial charge < -0.3 is 42.0 Å². The molecule has 6 atom stereocenters. The van der Waals surface area contributed by atoms with Crippen molar-refractivity contribution >= 4 is 47.7 Å². The zero-order valence-electron chi connectivity index (χ0n) is 26.6. The zero-order valence-corrected chi connectivity index (χ0v) is 27.5. The van der Waals surface area contributed by atoms with Crippen LogP contribution in [0.5, 0.6) is 0 Å². The van der Waals surface area contributed by atoms with Crippen LogP contribution < -0.4 is 21.7 Å². The predicted octanol–water partition coefficient (Wildman–Crippen LogP) is 1.28. The van der Waals surface area contributed by atoms with Crippen LogP contribution >= 0.6 is 0 Å². The molecule has 4 aliphatic rings. The van der Waals surface area contributed by atoms with Gasteiger partial charge in [-0.15, -0.1) is 0 Å². The number of nitrogens with one attached hydrogen (secondary N) is 4. The maximum Gasteiger partial charge on any atom is 0.303 e. The number of aliphatic hydroxyl groups excluding tert-OH is 1. The Hall–Kier alpha value is -3.81. The van der Waals surface area contributed by atoms with E-state index >= 15 is 0 Å². The molecule has 2 fully saturated rings. The van der Waals surface area contributed by atoms with Crippen LogP contribution in [0.2, 0.25) is 0 Å². The van der Waals surface area contributed by atoms with E-state index in [2.05, 4.69) is 20.9 Å². The van der Waals surface area contributed by atoms with Gasteiger partial charge in [0.05, 0.1) is 18.0 Å². The van der Waals surface area contributed by atoms with Crippen molar-refractivity contribution in [1.29, 1.82) is 0 Å². The lowest BCUT2D eigenvalue weighted by Crippen LogP contribution is -2.49. The third-order valence-corrected chi connectivity index (χ3v) is 10.9. The van der Waals surface area contributed by atoms with Gasteiger partial charge in [-0.3, -0.25) is 19.2 Å². The molecular formula is C33H44N5O7S+. The van der Waals surface area contributed by atoms with E-state index in [1.807, 2.05) is 32.9 Å². The molecule has 2 amide bonds. The number of H-pyrrole nitrogens is 1. The van der Waals surface area contributed by atoms with Gasteiger partial charge in [-0.2, -0.15) is 0 Å². The topological polar surface area (TPSA) is 207 Å². The Balaban J connectivity index is 1.53. The SMILES string of the molecule is CC1=C(CCC(=O)O)/C(=C/c2[nH]c(/C=C3\NC(=O)[C@H](C)[C@H]3[C@H]3C[SH+]3)c(C)c2CCC(=O)O)NC1[C@@H](O)[C@H]1NC(=O)C(CCN)=C1C. The Kier molecular flexibility index (Phi) is 9.85. The summed E-state index contributed by atoms with van der Waals surface area (Å²) in [6.45, 7) is 7.82. The van der Waals surface area contributed by atoms with E-state index in [1.54, 1.807) is 6.92 Å². The van der Waals surface area contributed by atoms with Gasteiger partial charge in [0.25, 0.3) is 0 Å². The van der Waals surface area contributed by atoms with Gasteiger partial charge in [0, 0.05) is 47.1 Å². The number of nitrogens with two attached hydrogens (primary N) is 1. The second kappa shape index (κ2) is 13.5. The average Bonchev–Trinajstić information content (AvgIpc) is 3.56. The lowest BCUT2D eigenvalue weighted by Gasteiger charge is -2.27. The normalized spacial score (nSPS) is 28.3. The van der Waals surface area contributed by atoms with Crippen LogP contribution in [0.4, 0.5) is 0 Å². The summed E-state index contributed by atoms with van der Waals surface area (Å²) < 4.78 is 0. The highest BCUT2D eigenvalue weighted by molar-refractivity contribution is 7.86. The molecule has 0 spiro atoms. The lowest BCUT2D eigenvalue weighted by molar-refractivity contribution is -0.138. The first-order chi connectivity index (χ1) is 21.8.